The molecule has 0 aliphatic rings. The van der Waals surface area contributed by atoms with E-state index in [4.69, 9.17) is 16.6 Å². The predicted octanol–water partition coefficient (Wildman–Crippen LogP) is 1.21. The molecular formula is C11H16N2O2S. The van der Waals surface area contributed by atoms with Crippen LogP contribution in [0.25, 0.3) is 0 Å². The monoisotopic (exact) mass is 240 g/mol. The maximum absolute atomic E-state index is 10.6. The van der Waals surface area contributed by atoms with Crippen molar-refractivity contribution in [3.8, 4) is 0 Å². The Hall–Kier alpha value is -1.04. The number of benzene rings is 1. The van der Waals surface area contributed by atoms with E-state index in [2.05, 4.69) is 0 Å². The zero-order valence-electron chi connectivity index (χ0n) is 9.09. The summed E-state index contributed by atoms with van der Waals surface area (Å²) >= 11 is 1.65. The Balaban J connectivity index is 2.65. The Bertz CT molecular complexity index is 354. The Morgan fingerprint density at radius 2 is 1.94 bits per heavy atom. The van der Waals surface area contributed by atoms with Crippen molar-refractivity contribution >= 4 is 17.7 Å². The highest BCUT2D eigenvalue weighted by molar-refractivity contribution is 7.98. The van der Waals surface area contributed by atoms with Crippen molar-refractivity contribution in [3.63, 3.8) is 0 Å². The number of rotatable bonds is 5. The van der Waals surface area contributed by atoms with E-state index in [0.29, 0.717) is 0 Å². The highest BCUT2D eigenvalue weighted by Crippen LogP contribution is 2.20. The molecule has 2 atom stereocenters. The third-order valence-corrected chi connectivity index (χ3v) is 3.11. The summed E-state index contributed by atoms with van der Waals surface area (Å²) in [7, 11) is 0. The minimum Gasteiger partial charge on any atom is -0.480 e. The van der Waals surface area contributed by atoms with Gasteiger partial charge in [-0.25, -0.2) is 0 Å². The highest BCUT2D eigenvalue weighted by atomic mass is 32.2. The molecule has 4 nitrogen and oxygen atoms in total. The lowest BCUT2D eigenvalue weighted by atomic mass is 10.0. The first-order valence-corrected chi connectivity index (χ1v) is 6.15. The second kappa shape index (κ2) is 5.89. The lowest BCUT2D eigenvalue weighted by molar-refractivity contribution is -0.138. The second-order valence-electron chi connectivity index (χ2n) is 3.56. The van der Waals surface area contributed by atoms with Crippen molar-refractivity contribution in [2.45, 2.75) is 23.4 Å². The van der Waals surface area contributed by atoms with Gasteiger partial charge in [-0.3, -0.25) is 4.79 Å². The zero-order chi connectivity index (χ0) is 12.1. The van der Waals surface area contributed by atoms with Crippen LogP contribution in [0.1, 0.15) is 18.0 Å². The number of aliphatic carboxylic acids is 1. The lowest BCUT2D eigenvalue weighted by Crippen LogP contribution is -2.33. The molecule has 88 valence electrons. The molecular weight excluding hydrogens is 224 g/mol. The first kappa shape index (κ1) is 13.0. The molecule has 0 saturated heterocycles. The summed E-state index contributed by atoms with van der Waals surface area (Å²) in [5.41, 5.74) is 12.2. The molecule has 0 aliphatic carbocycles. The molecule has 0 aromatic heterocycles. The molecule has 16 heavy (non-hydrogen) atoms. The molecule has 5 heteroatoms. The van der Waals surface area contributed by atoms with Gasteiger partial charge in [0.2, 0.25) is 0 Å². The molecule has 0 saturated carbocycles. The van der Waals surface area contributed by atoms with E-state index in [9.17, 15) is 4.79 Å². The van der Waals surface area contributed by atoms with Gasteiger partial charge in [-0.05, 0) is 30.4 Å². The number of hydrogen-bond donors (Lipinski definition) is 3. The molecule has 0 radical (unpaired) electrons. The largest absolute Gasteiger partial charge is 0.480 e. The minimum absolute atomic E-state index is 0.244. The summed E-state index contributed by atoms with van der Waals surface area (Å²) in [4.78, 5) is 11.7. The van der Waals surface area contributed by atoms with Gasteiger partial charge in [0.15, 0.2) is 0 Å². The quantitative estimate of drug-likeness (QED) is 0.673. The molecule has 0 aliphatic heterocycles. The van der Waals surface area contributed by atoms with E-state index in [1.165, 1.54) is 0 Å². The fourth-order valence-corrected chi connectivity index (χ4v) is 1.77. The van der Waals surface area contributed by atoms with Crippen molar-refractivity contribution in [2.75, 3.05) is 6.26 Å². The summed E-state index contributed by atoms with van der Waals surface area (Å²) in [6.07, 6.45) is 2.24. The fourth-order valence-electron chi connectivity index (χ4n) is 1.36. The number of carboxylic acids is 1. The van der Waals surface area contributed by atoms with Gasteiger partial charge >= 0.3 is 5.97 Å². The van der Waals surface area contributed by atoms with Gasteiger partial charge in [0.25, 0.3) is 0 Å². The van der Waals surface area contributed by atoms with Crippen LogP contribution in [0.4, 0.5) is 0 Å². The Morgan fingerprint density at radius 3 is 2.38 bits per heavy atom. The van der Waals surface area contributed by atoms with E-state index in [1.54, 1.807) is 11.8 Å². The van der Waals surface area contributed by atoms with Crippen molar-refractivity contribution in [3.05, 3.63) is 29.8 Å². The van der Waals surface area contributed by atoms with E-state index in [0.717, 1.165) is 10.5 Å². The van der Waals surface area contributed by atoms with Crippen molar-refractivity contribution in [2.24, 2.45) is 11.5 Å². The van der Waals surface area contributed by atoms with Gasteiger partial charge in [-0.15, -0.1) is 11.8 Å². The fraction of sp³-hybridized carbons (Fsp3) is 0.364. The summed E-state index contributed by atoms with van der Waals surface area (Å²) < 4.78 is 0. The van der Waals surface area contributed by atoms with E-state index in [1.807, 2.05) is 30.5 Å². The Kier molecular flexibility index (Phi) is 4.79. The first-order chi connectivity index (χ1) is 7.54. The average Bonchev–Trinajstić information content (AvgIpc) is 2.28. The third kappa shape index (κ3) is 3.52. The molecule has 0 bridgehead atoms. The number of thioether (sulfide) groups is 1. The van der Waals surface area contributed by atoms with Gasteiger partial charge in [-0.2, -0.15) is 0 Å². The van der Waals surface area contributed by atoms with Crippen LogP contribution in [0.2, 0.25) is 0 Å². The SMILES string of the molecule is CSc1ccc(C(N)CC(N)C(=O)O)cc1. The van der Waals surface area contributed by atoms with E-state index < -0.39 is 12.0 Å². The molecule has 1 aromatic carbocycles. The highest BCUT2D eigenvalue weighted by Gasteiger charge is 2.16. The average molecular weight is 240 g/mol. The van der Waals surface area contributed by atoms with Gasteiger partial charge < -0.3 is 16.6 Å². The molecule has 0 heterocycles. The Labute approximate surface area is 99.0 Å². The van der Waals surface area contributed by atoms with Crippen LogP contribution in [0, 0.1) is 0 Å². The summed E-state index contributed by atoms with van der Waals surface area (Å²) in [5.74, 6) is -1.02. The maximum atomic E-state index is 10.6. The van der Waals surface area contributed by atoms with Crippen molar-refractivity contribution in [1.82, 2.24) is 0 Å². The lowest BCUT2D eigenvalue weighted by Gasteiger charge is -2.14. The zero-order valence-corrected chi connectivity index (χ0v) is 9.91. The number of carbonyl (C=O) groups is 1. The van der Waals surface area contributed by atoms with Crippen LogP contribution in [-0.4, -0.2) is 23.4 Å². The van der Waals surface area contributed by atoms with Crippen LogP contribution >= 0.6 is 11.8 Å². The standard InChI is InChI=1S/C11H16N2O2S/c1-16-8-4-2-7(3-5-8)9(12)6-10(13)11(14)15/h2-5,9-10H,6,12-13H2,1H3,(H,14,15). The molecule has 0 fully saturated rings. The van der Waals surface area contributed by atoms with Gasteiger partial charge in [0, 0.05) is 10.9 Å². The van der Waals surface area contributed by atoms with Crippen LogP contribution < -0.4 is 11.5 Å². The van der Waals surface area contributed by atoms with Crippen LogP contribution in [-0.2, 0) is 4.79 Å². The summed E-state index contributed by atoms with van der Waals surface area (Å²) in [6, 6.07) is 6.51. The van der Waals surface area contributed by atoms with Gasteiger partial charge in [0.05, 0.1) is 0 Å². The molecule has 0 spiro atoms. The maximum Gasteiger partial charge on any atom is 0.320 e. The van der Waals surface area contributed by atoms with E-state index >= 15 is 0 Å². The Morgan fingerprint density at radius 1 is 1.38 bits per heavy atom. The molecule has 1 aromatic rings. The van der Waals surface area contributed by atoms with Gasteiger partial charge in [-0.1, -0.05) is 12.1 Å². The van der Waals surface area contributed by atoms with Crippen molar-refractivity contribution < 1.29 is 9.90 Å². The molecule has 5 N–H and O–H groups in total. The normalized spacial score (nSPS) is 14.4. The predicted molar refractivity (Wildman–Crippen MR) is 65.4 cm³/mol. The molecule has 1 rings (SSSR count). The number of hydrogen-bond acceptors (Lipinski definition) is 4. The summed E-state index contributed by atoms with van der Waals surface area (Å²) in [6.45, 7) is 0. The topological polar surface area (TPSA) is 89.3 Å². The van der Waals surface area contributed by atoms with Crippen LogP contribution in [0.3, 0.4) is 0 Å². The van der Waals surface area contributed by atoms with Crippen LogP contribution in [0.5, 0.6) is 0 Å². The molecule has 2 unspecified atom stereocenters. The summed E-state index contributed by atoms with van der Waals surface area (Å²) in [5, 5.41) is 8.68. The van der Waals surface area contributed by atoms with Crippen molar-refractivity contribution in [1.29, 1.82) is 0 Å². The smallest absolute Gasteiger partial charge is 0.320 e. The molecule has 0 amide bonds. The minimum atomic E-state index is -1.02. The van der Waals surface area contributed by atoms with E-state index in [-0.39, 0.29) is 12.5 Å². The third-order valence-electron chi connectivity index (χ3n) is 2.37. The van der Waals surface area contributed by atoms with Crippen LogP contribution in [0.15, 0.2) is 29.2 Å². The number of carboxylic acid groups (broad SMARTS) is 1. The van der Waals surface area contributed by atoms with Gasteiger partial charge in [0.1, 0.15) is 6.04 Å². The second-order valence-corrected chi connectivity index (χ2v) is 4.44. The first-order valence-electron chi connectivity index (χ1n) is 4.92. The number of nitrogens with two attached hydrogens (primary N) is 2.